The van der Waals surface area contributed by atoms with Crippen LogP contribution in [0.2, 0.25) is 0 Å². The van der Waals surface area contributed by atoms with Crippen LogP contribution in [0.4, 0.5) is 5.69 Å². The zero-order valence-corrected chi connectivity index (χ0v) is 13.1. The van der Waals surface area contributed by atoms with Gasteiger partial charge in [0.25, 0.3) is 5.69 Å². The third-order valence-corrected chi connectivity index (χ3v) is 3.57. The lowest BCUT2D eigenvalue weighted by Gasteiger charge is -2.23. The topological polar surface area (TPSA) is 89.5 Å². The Hall–Kier alpha value is -1.47. The van der Waals surface area contributed by atoms with Crippen LogP contribution in [0, 0.1) is 16.0 Å². The van der Waals surface area contributed by atoms with E-state index in [0.717, 1.165) is 5.56 Å². The van der Waals surface area contributed by atoms with Crippen molar-refractivity contribution < 1.29 is 9.72 Å². The molecule has 0 aromatic heterocycles. The fraction of sp³-hybridized carbons (Fsp3) is 0.462. The van der Waals surface area contributed by atoms with Gasteiger partial charge < -0.3 is 5.73 Å². The van der Waals surface area contributed by atoms with Crippen LogP contribution in [-0.4, -0.2) is 28.8 Å². The molecule has 0 atom stereocenters. The Balaban J connectivity index is 2.95. The molecule has 0 saturated carbocycles. The second kappa shape index (κ2) is 7.35. The molecule has 0 bridgehead atoms. The Bertz CT molecular complexity index is 506. The minimum Gasteiger partial charge on any atom is -0.369 e. The first-order valence-electron chi connectivity index (χ1n) is 6.23. The van der Waals surface area contributed by atoms with Gasteiger partial charge in [0.2, 0.25) is 5.91 Å². The average molecular weight is 344 g/mol. The number of carbonyl (C=O) groups is 1. The molecule has 0 spiro atoms. The van der Waals surface area contributed by atoms with Gasteiger partial charge in [-0.3, -0.25) is 19.8 Å². The molecule has 0 saturated heterocycles. The first-order valence-corrected chi connectivity index (χ1v) is 7.03. The number of nitro benzene ring substituents is 1. The normalized spacial score (nSPS) is 11.1. The highest BCUT2D eigenvalue weighted by Gasteiger charge is 2.18. The van der Waals surface area contributed by atoms with Gasteiger partial charge in [0.1, 0.15) is 0 Å². The Kier molecular flexibility index (Phi) is 6.09. The van der Waals surface area contributed by atoms with Crippen molar-refractivity contribution in [3.05, 3.63) is 38.3 Å². The number of hydrogen-bond donors (Lipinski definition) is 1. The van der Waals surface area contributed by atoms with Crippen LogP contribution in [0.1, 0.15) is 19.4 Å². The van der Waals surface area contributed by atoms with Crippen LogP contribution < -0.4 is 5.73 Å². The zero-order chi connectivity index (χ0) is 15.3. The third kappa shape index (κ3) is 4.90. The molecule has 0 fully saturated rings. The van der Waals surface area contributed by atoms with Gasteiger partial charge in [0.05, 0.1) is 15.9 Å². The predicted molar refractivity (Wildman–Crippen MR) is 80.1 cm³/mol. The van der Waals surface area contributed by atoms with Crippen LogP contribution in [0.25, 0.3) is 0 Å². The lowest BCUT2D eigenvalue weighted by molar-refractivity contribution is -0.385. The van der Waals surface area contributed by atoms with Gasteiger partial charge in [-0.1, -0.05) is 26.0 Å². The molecule has 0 heterocycles. The van der Waals surface area contributed by atoms with Gasteiger partial charge >= 0.3 is 0 Å². The Morgan fingerprint density at radius 3 is 2.65 bits per heavy atom. The fourth-order valence-corrected chi connectivity index (χ4v) is 2.53. The highest BCUT2D eigenvalue weighted by Crippen LogP contribution is 2.29. The largest absolute Gasteiger partial charge is 0.369 e. The van der Waals surface area contributed by atoms with Gasteiger partial charge in [0, 0.05) is 19.2 Å². The van der Waals surface area contributed by atoms with E-state index in [1.54, 1.807) is 12.1 Å². The van der Waals surface area contributed by atoms with E-state index in [1.807, 2.05) is 18.7 Å². The zero-order valence-electron chi connectivity index (χ0n) is 11.5. The Labute approximate surface area is 126 Å². The average Bonchev–Trinajstić information content (AvgIpc) is 2.29. The van der Waals surface area contributed by atoms with E-state index in [9.17, 15) is 14.9 Å². The molecule has 110 valence electrons. The number of rotatable bonds is 7. The molecular weight excluding hydrogens is 326 g/mol. The van der Waals surface area contributed by atoms with Crippen molar-refractivity contribution in [1.82, 2.24) is 4.90 Å². The standard InChI is InChI=1S/C13H18BrN3O3/c1-9(2)6-16(8-12(15)18)7-10-4-3-5-11(13(10)14)17(19)20/h3-5,9H,6-8H2,1-2H3,(H2,15,18). The highest BCUT2D eigenvalue weighted by molar-refractivity contribution is 9.10. The van der Waals surface area contributed by atoms with E-state index in [0.29, 0.717) is 23.5 Å². The van der Waals surface area contributed by atoms with Crippen molar-refractivity contribution in [3.8, 4) is 0 Å². The summed E-state index contributed by atoms with van der Waals surface area (Å²) in [6, 6.07) is 4.87. The number of amides is 1. The molecule has 1 aromatic carbocycles. The van der Waals surface area contributed by atoms with Crippen LogP contribution in [0.5, 0.6) is 0 Å². The van der Waals surface area contributed by atoms with Crippen LogP contribution in [0.15, 0.2) is 22.7 Å². The summed E-state index contributed by atoms with van der Waals surface area (Å²) in [5.74, 6) is -0.0426. The van der Waals surface area contributed by atoms with Crippen molar-refractivity contribution in [2.24, 2.45) is 11.7 Å². The summed E-state index contributed by atoms with van der Waals surface area (Å²) in [4.78, 5) is 23.5. The van der Waals surface area contributed by atoms with E-state index in [1.165, 1.54) is 6.07 Å². The van der Waals surface area contributed by atoms with E-state index in [2.05, 4.69) is 15.9 Å². The summed E-state index contributed by atoms with van der Waals surface area (Å²) < 4.78 is 0.447. The number of carbonyl (C=O) groups excluding carboxylic acids is 1. The maximum Gasteiger partial charge on any atom is 0.283 e. The monoisotopic (exact) mass is 343 g/mol. The van der Waals surface area contributed by atoms with Crippen LogP contribution in [0.3, 0.4) is 0 Å². The molecular formula is C13H18BrN3O3. The van der Waals surface area contributed by atoms with Crippen molar-refractivity contribution in [1.29, 1.82) is 0 Å². The SMILES string of the molecule is CC(C)CN(CC(N)=O)Cc1cccc([N+](=O)[O-])c1Br. The summed E-state index contributed by atoms with van der Waals surface area (Å²) in [6.45, 7) is 5.34. The van der Waals surface area contributed by atoms with Crippen LogP contribution >= 0.6 is 15.9 Å². The fourth-order valence-electron chi connectivity index (χ4n) is 1.99. The maximum absolute atomic E-state index is 11.1. The molecule has 1 amide bonds. The first-order chi connectivity index (χ1) is 9.31. The minimum atomic E-state index is -0.436. The maximum atomic E-state index is 11.1. The summed E-state index contributed by atoms with van der Waals surface area (Å²) in [7, 11) is 0. The molecule has 2 N–H and O–H groups in total. The van der Waals surface area contributed by atoms with Crippen molar-refractivity contribution in [2.45, 2.75) is 20.4 Å². The van der Waals surface area contributed by atoms with E-state index < -0.39 is 10.8 Å². The second-order valence-corrected chi connectivity index (χ2v) is 5.83. The second-order valence-electron chi connectivity index (χ2n) is 5.04. The molecule has 0 unspecified atom stereocenters. The number of nitrogens with two attached hydrogens (primary N) is 1. The molecule has 20 heavy (non-hydrogen) atoms. The van der Waals surface area contributed by atoms with E-state index >= 15 is 0 Å². The molecule has 7 heteroatoms. The molecule has 0 radical (unpaired) electrons. The molecule has 6 nitrogen and oxygen atoms in total. The number of hydrogen-bond acceptors (Lipinski definition) is 4. The summed E-state index contributed by atoms with van der Waals surface area (Å²) in [5.41, 5.74) is 6.02. The number of halogens is 1. The summed E-state index contributed by atoms with van der Waals surface area (Å²) in [5, 5.41) is 10.9. The van der Waals surface area contributed by atoms with Gasteiger partial charge in [-0.25, -0.2) is 0 Å². The Morgan fingerprint density at radius 1 is 1.50 bits per heavy atom. The quantitative estimate of drug-likeness (QED) is 0.607. The van der Waals surface area contributed by atoms with E-state index in [4.69, 9.17) is 5.73 Å². The molecule has 1 aromatic rings. The lowest BCUT2D eigenvalue weighted by Crippen LogP contribution is -2.35. The summed E-state index contributed by atoms with van der Waals surface area (Å²) in [6.07, 6.45) is 0. The van der Waals surface area contributed by atoms with Gasteiger partial charge in [-0.05, 0) is 27.4 Å². The third-order valence-electron chi connectivity index (χ3n) is 2.65. The predicted octanol–water partition coefficient (Wildman–Crippen LogP) is 2.30. The number of nitro groups is 1. The summed E-state index contributed by atoms with van der Waals surface area (Å²) >= 11 is 3.26. The number of primary amides is 1. The highest BCUT2D eigenvalue weighted by atomic mass is 79.9. The first kappa shape index (κ1) is 16.6. The van der Waals surface area contributed by atoms with Crippen molar-refractivity contribution in [2.75, 3.05) is 13.1 Å². The van der Waals surface area contributed by atoms with Gasteiger partial charge in [-0.15, -0.1) is 0 Å². The molecule has 0 aliphatic heterocycles. The molecule has 0 aliphatic rings. The van der Waals surface area contributed by atoms with Crippen LogP contribution in [-0.2, 0) is 11.3 Å². The van der Waals surface area contributed by atoms with E-state index in [-0.39, 0.29) is 12.2 Å². The van der Waals surface area contributed by atoms with Gasteiger partial charge in [-0.2, -0.15) is 0 Å². The number of nitrogens with zero attached hydrogens (tertiary/aromatic N) is 2. The minimum absolute atomic E-state index is 0.0195. The van der Waals surface area contributed by atoms with Crippen molar-refractivity contribution in [3.63, 3.8) is 0 Å². The molecule has 0 aliphatic carbocycles. The Morgan fingerprint density at radius 2 is 2.15 bits per heavy atom. The van der Waals surface area contributed by atoms with Gasteiger partial charge in [0.15, 0.2) is 0 Å². The number of benzene rings is 1. The smallest absolute Gasteiger partial charge is 0.283 e. The molecule has 1 rings (SSSR count). The van der Waals surface area contributed by atoms with Crippen molar-refractivity contribution >= 4 is 27.5 Å². The lowest BCUT2D eigenvalue weighted by atomic mass is 10.1.